The van der Waals surface area contributed by atoms with Crippen LogP contribution in [0.25, 0.3) is 0 Å². The number of carbonyl (C=O) groups excluding carboxylic acids is 1. The summed E-state index contributed by atoms with van der Waals surface area (Å²) in [6.07, 6.45) is 0. The molecule has 5 heteroatoms. The van der Waals surface area contributed by atoms with Gasteiger partial charge in [-0.1, -0.05) is 17.7 Å². The van der Waals surface area contributed by atoms with Crippen LogP contribution in [0.5, 0.6) is 5.75 Å². The summed E-state index contributed by atoms with van der Waals surface area (Å²) >= 11 is 0. The number of amides is 1. The van der Waals surface area contributed by atoms with Gasteiger partial charge in [-0.2, -0.15) is 0 Å². The van der Waals surface area contributed by atoms with Crippen LogP contribution < -0.4 is 15.8 Å². The molecule has 1 aromatic carbocycles. The molecule has 0 radical (unpaired) electrons. The molecular weight excluding hydrogens is 256 g/mol. The average Bonchev–Trinajstić information content (AvgIpc) is 2.37. The number of hydrogen-bond donors (Lipinski definition) is 2. The van der Waals surface area contributed by atoms with Gasteiger partial charge >= 0.3 is 0 Å². The highest BCUT2D eigenvalue weighted by Gasteiger charge is 2.11. The van der Waals surface area contributed by atoms with Gasteiger partial charge in [0.1, 0.15) is 5.75 Å². The summed E-state index contributed by atoms with van der Waals surface area (Å²) in [5, 5.41) is 2.79. The summed E-state index contributed by atoms with van der Waals surface area (Å²) in [4.78, 5) is 11.7. The third-order valence-corrected chi connectivity index (χ3v) is 2.84. The maximum atomic E-state index is 11.7. The number of aryl methyl sites for hydroxylation is 1. The molecule has 0 aliphatic carbocycles. The highest BCUT2D eigenvalue weighted by Crippen LogP contribution is 2.24. The number of hydrogen-bond acceptors (Lipinski definition) is 4. The summed E-state index contributed by atoms with van der Waals surface area (Å²) in [6.45, 7) is 6.20. The molecule has 1 unspecified atom stereocenters. The Morgan fingerprint density at radius 3 is 2.70 bits per heavy atom. The van der Waals surface area contributed by atoms with Gasteiger partial charge in [0.25, 0.3) is 5.91 Å². The number of nitrogens with two attached hydrogens (primary N) is 1. The van der Waals surface area contributed by atoms with Gasteiger partial charge in [0, 0.05) is 24.8 Å². The maximum absolute atomic E-state index is 11.7. The van der Waals surface area contributed by atoms with Crippen molar-refractivity contribution in [1.82, 2.24) is 5.32 Å². The minimum absolute atomic E-state index is 0.0309. The lowest BCUT2D eigenvalue weighted by atomic mass is 10.1. The lowest BCUT2D eigenvalue weighted by Gasteiger charge is -2.16. The fourth-order valence-electron chi connectivity index (χ4n) is 1.91. The first kappa shape index (κ1) is 16.5. The number of carbonyl (C=O) groups is 1. The smallest absolute Gasteiger partial charge is 0.258 e. The van der Waals surface area contributed by atoms with E-state index in [2.05, 4.69) is 5.32 Å². The largest absolute Gasteiger partial charge is 0.483 e. The standard InChI is InChI=1S/C15H24N2O3/c1-10-5-6-14(13(7-10)12(3)16)20-9-15(18)17-11(2)8-19-4/h5-7,11-12H,8-9,16H2,1-4H3,(H,17,18)/t11?,12-/m0/s1. The molecule has 0 saturated heterocycles. The third-order valence-electron chi connectivity index (χ3n) is 2.84. The second kappa shape index (κ2) is 7.87. The van der Waals surface area contributed by atoms with Gasteiger partial charge in [-0.15, -0.1) is 0 Å². The van der Waals surface area contributed by atoms with E-state index in [9.17, 15) is 4.79 Å². The minimum atomic E-state index is -0.175. The maximum Gasteiger partial charge on any atom is 0.258 e. The van der Waals surface area contributed by atoms with Gasteiger partial charge in [-0.05, 0) is 26.8 Å². The summed E-state index contributed by atoms with van der Waals surface area (Å²) < 4.78 is 10.5. The van der Waals surface area contributed by atoms with Crippen LogP contribution in [0.15, 0.2) is 18.2 Å². The van der Waals surface area contributed by atoms with Crippen molar-refractivity contribution in [1.29, 1.82) is 0 Å². The summed E-state index contributed by atoms with van der Waals surface area (Å²) in [5.41, 5.74) is 7.93. The minimum Gasteiger partial charge on any atom is -0.483 e. The van der Waals surface area contributed by atoms with Crippen LogP contribution in [0, 0.1) is 6.92 Å². The predicted molar refractivity (Wildman–Crippen MR) is 78.8 cm³/mol. The first-order valence-electron chi connectivity index (χ1n) is 6.71. The highest BCUT2D eigenvalue weighted by molar-refractivity contribution is 5.77. The zero-order valence-corrected chi connectivity index (χ0v) is 12.6. The summed E-state index contributed by atoms with van der Waals surface area (Å²) in [5.74, 6) is 0.478. The quantitative estimate of drug-likeness (QED) is 0.794. The number of methoxy groups -OCH3 is 1. The van der Waals surface area contributed by atoms with Gasteiger partial charge in [0.2, 0.25) is 0 Å². The number of ether oxygens (including phenoxy) is 2. The van der Waals surface area contributed by atoms with E-state index in [1.807, 2.05) is 39.0 Å². The molecule has 0 aliphatic rings. The van der Waals surface area contributed by atoms with Crippen LogP contribution in [0.4, 0.5) is 0 Å². The average molecular weight is 280 g/mol. The fraction of sp³-hybridized carbons (Fsp3) is 0.533. The molecule has 1 rings (SSSR count). The van der Waals surface area contributed by atoms with Gasteiger partial charge < -0.3 is 20.5 Å². The third kappa shape index (κ3) is 5.19. The molecule has 0 aromatic heterocycles. The SMILES string of the molecule is COCC(C)NC(=O)COc1ccc(C)cc1[C@H](C)N. The van der Waals surface area contributed by atoms with Crippen LogP contribution in [-0.4, -0.2) is 32.3 Å². The second-order valence-corrected chi connectivity index (χ2v) is 5.04. The molecule has 0 saturated carbocycles. The van der Waals surface area contributed by atoms with E-state index in [-0.39, 0.29) is 24.6 Å². The topological polar surface area (TPSA) is 73.6 Å². The first-order valence-corrected chi connectivity index (χ1v) is 6.71. The van der Waals surface area contributed by atoms with Crippen molar-refractivity contribution in [3.8, 4) is 5.75 Å². The Bertz CT molecular complexity index is 447. The van der Waals surface area contributed by atoms with Crippen molar-refractivity contribution in [3.05, 3.63) is 29.3 Å². The van der Waals surface area contributed by atoms with Crippen molar-refractivity contribution in [2.24, 2.45) is 5.73 Å². The van der Waals surface area contributed by atoms with E-state index in [1.165, 1.54) is 0 Å². The Hall–Kier alpha value is -1.59. The Labute approximate surface area is 120 Å². The Morgan fingerprint density at radius 1 is 1.40 bits per heavy atom. The molecule has 112 valence electrons. The van der Waals surface area contributed by atoms with Gasteiger partial charge in [-0.25, -0.2) is 0 Å². The Morgan fingerprint density at radius 2 is 2.10 bits per heavy atom. The molecule has 0 fully saturated rings. The van der Waals surface area contributed by atoms with Crippen molar-refractivity contribution in [2.75, 3.05) is 20.3 Å². The van der Waals surface area contributed by atoms with Crippen molar-refractivity contribution >= 4 is 5.91 Å². The van der Waals surface area contributed by atoms with Crippen LogP contribution in [0.3, 0.4) is 0 Å². The summed E-state index contributed by atoms with van der Waals surface area (Å²) in [6, 6.07) is 5.58. The van der Waals surface area contributed by atoms with Crippen molar-refractivity contribution in [2.45, 2.75) is 32.9 Å². The first-order chi connectivity index (χ1) is 9.43. The number of rotatable bonds is 7. The van der Waals surface area contributed by atoms with Crippen LogP contribution >= 0.6 is 0 Å². The highest BCUT2D eigenvalue weighted by atomic mass is 16.5. The normalized spacial score (nSPS) is 13.7. The van der Waals surface area contributed by atoms with Gasteiger partial charge in [0.15, 0.2) is 6.61 Å². The lowest BCUT2D eigenvalue weighted by molar-refractivity contribution is -0.124. The fourth-order valence-corrected chi connectivity index (χ4v) is 1.91. The van der Waals surface area contributed by atoms with E-state index in [0.29, 0.717) is 12.4 Å². The molecule has 20 heavy (non-hydrogen) atoms. The molecular formula is C15H24N2O3. The molecule has 3 N–H and O–H groups in total. The van der Waals surface area contributed by atoms with Gasteiger partial charge in [-0.3, -0.25) is 4.79 Å². The summed E-state index contributed by atoms with van der Waals surface area (Å²) in [7, 11) is 1.60. The second-order valence-electron chi connectivity index (χ2n) is 5.04. The van der Waals surface area contributed by atoms with E-state index in [4.69, 9.17) is 15.2 Å². The van der Waals surface area contributed by atoms with Gasteiger partial charge in [0.05, 0.1) is 6.61 Å². The molecule has 2 atom stereocenters. The van der Waals surface area contributed by atoms with E-state index >= 15 is 0 Å². The molecule has 0 bridgehead atoms. The Kier molecular flexibility index (Phi) is 6.48. The van der Waals surface area contributed by atoms with Crippen LogP contribution in [0.1, 0.15) is 31.0 Å². The Balaban J connectivity index is 2.59. The van der Waals surface area contributed by atoms with E-state index in [0.717, 1.165) is 11.1 Å². The number of nitrogens with one attached hydrogen (secondary N) is 1. The molecule has 0 spiro atoms. The van der Waals surface area contributed by atoms with Crippen LogP contribution in [0.2, 0.25) is 0 Å². The molecule has 0 heterocycles. The van der Waals surface area contributed by atoms with Crippen molar-refractivity contribution in [3.63, 3.8) is 0 Å². The van der Waals surface area contributed by atoms with E-state index < -0.39 is 0 Å². The molecule has 1 aromatic rings. The van der Waals surface area contributed by atoms with Crippen molar-refractivity contribution < 1.29 is 14.3 Å². The van der Waals surface area contributed by atoms with E-state index in [1.54, 1.807) is 7.11 Å². The molecule has 5 nitrogen and oxygen atoms in total. The zero-order valence-electron chi connectivity index (χ0n) is 12.6. The number of benzene rings is 1. The lowest BCUT2D eigenvalue weighted by Crippen LogP contribution is -2.38. The monoisotopic (exact) mass is 280 g/mol. The molecule has 0 aliphatic heterocycles. The molecule has 1 amide bonds. The predicted octanol–water partition coefficient (Wildman–Crippen LogP) is 1.54. The zero-order chi connectivity index (χ0) is 15.1. The van der Waals surface area contributed by atoms with Crippen LogP contribution in [-0.2, 0) is 9.53 Å².